The third-order valence-corrected chi connectivity index (χ3v) is 4.56. The third kappa shape index (κ3) is 4.86. The van der Waals surface area contributed by atoms with Crippen molar-refractivity contribution in [2.24, 2.45) is 5.41 Å². The Labute approximate surface area is 158 Å². The first-order chi connectivity index (χ1) is 12.4. The Bertz CT molecular complexity index is 799. The van der Waals surface area contributed by atoms with Gasteiger partial charge in [0.25, 0.3) is 0 Å². The van der Waals surface area contributed by atoms with Crippen LogP contribution in [-0.2, 0) is 0 Å². The summed E-state index contributed by atoms with van der Waals surface area (Å²) in [5.74, 6) is 0. The molecule has 0 N–H and O–H groups in total. The van der Waals surface area contributed by atoms with Gasteiger partial charge >= 0.3 is 0 Å². The molecule has 0 spiro atoms. The van der Waals surface area contributed by atoms with E-state index in [9.17, 15) is 0 Å². The molecule has 1 nitrogen and oxygen atoms in total. The summed E-state index contributed by atoms with van der Waals surface area (Å²) < 4.78 is 0. The van der Waals surface area contributed by atoms with E-state index in [1.54, 1.807) is 0 Å². The van der Waals surface area contributed by atoms with Crippen LogP contribution in [0.3, 0.4) is 0 Å². The highest BCUT2D eigenvalue weighted by Gasteiger charge is 2.14. The van der Waals surface area contributed by atoms with Crippen LogP contribution in [0.25, 0.3) is 6.08 Å². The number of para-hydroxylation sites is 1. The number of benzene rings is 2. The fraction of sp³-hybridized carbons (Fsp3) is 0.200. The maximum atomic E-state index is 4.05. The summed E-state index contributed by atoms with van der Waals surface area (Å²) in [4.78, 5) is 2.21. The molecule has 0 heterocycles. The number of anilines is 2. The molecule has 0 aliphatic rings. The second kappa shape index (κ2) is 8.53. The maximum absolute atomic E-state index is 4.05. The lowest BCUT2D eigenvalue weighted by molar-refractivity contribution is 0.504. The van der Waals surface area contributed by atoms with Crippen molar-refractivity contribution < 1.29 is 0 Å². The van der Waals surface area contributed by atoms with Crippen molar-refractivity contribution >= 4 is 17.5 Å². The molecule has 0 atom stereocenters. The molecule has 0 unspecified atom stereocenters. The van der Waals surface area contributed by atoms with Gasteiger partial charge in [0.2, 0.25) is 0 Å². The van der Waals surface area contributed by atoms with E-state index in [1.165, 1.54) is 5.57 Å². The molecule has 0 radical (unpaired) electrons. The van der Waals surface area contributed by atoms with Gasteiger partial charge < -0.3 is 4.90 Å². The number of hydrogen-bond acceptors (Lipinski definition) is 1. The zero-order chi connectivity index (χ0) is 19.2. The van der Waals surface area contributed by atoms with Crippen molar-refractivity contribution in [1.82, 2.24) is 0 Å². The minimum atomic E-state index is 0.145. The maximum Gasteiger partial charge on any atom is 0.0462 e. The van der Waals surface area contributed by atoms with E-state index in [2.05, 4.69) is 106 Å². The molecule has 0 aliphatic carbocycles. The van der Waals surface area contributed by atoms with Gasteiger partial charge in [0, 0.05) is 17.1 Å². The first-order valence-corrected chi connectivity index (χ1v) is 8.96. The fourth-order valence-corrected chi connectivity index (χ4v) is 2.48. The zero-order valence-electron chi connectivity index (χ0n) is 16.4. The normalized spacial score (nSPS) is 12.6. The first kappa shape index (κ1) is 19.5. The van der Waals surface area contributed by atoms with Crippen molar-refractivity contribution in [3.8, 4) is 0 Å². The quantitative estimate of drug-likeness (QED) is 0.490. The van der Waals surface area contributed by atoms with Gasteiger partial charge in [-0.1, -0.05) is 82.0 Å². The van der Waals surface area contributed by atoms with Gasteiger partial charge in [-0.3, -0.25) is 0 Å². The number of allylic oxidation sites excluding steroid dienone is 4. The van der Waals surface area contributed by atoms with Crippen molar-refractivity contribution in [1.29, 1.82) is 0 Å². The molecule has 2 aromatic carbocycles. The summed E-state index contributed by atoms with van der Waals surface area (Å²) in [7, 11) is 0. The SMILES string of the molecule is C=C/C(=C\C=C(/C)C(C)(C)C)N(c1ccccc1)c1ccc(C=C)cc1. The molecule has 0 aliphatic heterocycles. The fourth-order valence-electron chi connectivity index (χ4n) is 2.48. The Morgan fingerprint density at radius 3 is 1.92 bits per heavy atom. The summed E-state index contributed by atoms with van der Waals surface area (Å²) in [6, 6.07) is 18.7. The van der Waals surface area contributed by atoms with Gasteiger partial charge in [0.15, 0.2) is 0 Å². The van der Waals surface area contributed by atoms with Gasteiger partial charge in [-0.15, -0.1) is 0 Å². The Balaban J connectivity index is 2.54. The van der Waals surface area contributed by atoms with E-state index in [0.717, 1.165) is 22.6 Å². The highest BCUT2D eigenvalue weighted by Crippen LogP contribution is 2.31. The number of nitrogens with zero attached hydrogens (tertiary/aromatic N) is 1. The molecule has 134 valence electrons. The lowest BCUT2D eigenvalue weighted by Crippen LogP contribution is -2.15. The molecule has 0 amide bonds. The van der Waals surface area contributed by atoms with E-state index in [0.29, 0.717) is 0 Å². The predicted octanol–water partition coefficient (Wildman–Crippen LogP) is 7.53. The smallest absolute Gasteiger partial charge is 0.0462 e. The number of rotatable bonds is 6. The van der Waals surface area contributed by atoms with Crippen LogP contribution in [0.15, 0.2) is 97.3 Å². The van der Waals surface area contributed by atoms with Crippen molar-refractivity contribution in [2.75, 3.05) is 4.90 Å². The van der Waals surface area contributed by atoms with Crippen LogP contribution in [0.5, 0.6) is 0 Å². The van der Waals surface area contributed by atoms with Gasteiger partial charge in [-0.25, -0.2) is 0 Å². The van der Waals surface area contributed by atoms with Crippen LogP contribution in [0.4, 0.5) is 11.4 Å². The summed E-state index contributed by atoms with van der Waals surface area (Å²) in [5.41, 5.74) is 5.81. The van der Waals surface area contributed by atoms with Crippen LogP contribution < -0.4 is 4.90 Å². The van der Waals surface area contributed by atoms with Crippen molar-refractivity contribution in [3.05, 3.63) is 103 Å². The minimum absolute atomic E-state index is 0.145. The van der Waals surface area contributed by atoms with Crippen LogP contribution in [-0.4, -0.2) is 0 Å². The summed E-state index contributed by atoms with van der Waals surface area (Å²) >= 11 is 0. The second-order valence-electron chi connectivity index (χ2n) is 7.36. The first-order valence-electron chi connectivity index (χ1n) is 8.96. The molecule has 2 rings (SSSR count). The topological polar surface area (TPSA) is 3.24 Å². The highest BCUT2D eigenvalue weighted by molar-refractivity contribution is 5.71. The van der Waals surface area contributed by atoms with Crippen LogP contribution in [0, 0.1) is 5.41 Å². The number of hydrogen-bond donors (Lipinski definition) is 0. The highest BCUT2D eigenvalue weighted by atomic mass is 15.1. The Hall–Kier alpha value is -2.80. The lowest BCUT2D eigenvalue weighted by atomic mass is 9.87. The predicted molar refractivity (Wildman–Crippen MR) is 117 cm³/mol. The Morgan fingerprint density at radius 1 is 0.846 bits per heavy atom. The third-order valence-electron chi connectivity index (χ3n) is 4.56. The van der Waals surface area contributed by atoms with Gasteiger partial charge in [-0.2, -0.15) is 0 Å². The van der Waals surface area contributed by atoms with Crippen molar-refractivity contribution in [2.45, 2.75) is 27.7 Å². The van der Waals surface area contributed by atoms with E-state index in [4.69, 9.17) is 0 Å². The van der Waals surface area contributed by atoms with Crippen molar-refractivity contribution in [3.63, 3.8) is 0 Å². The molecular formula is C25H29N. The summed E-state index contributed by atoms with van der Waals surface area (Å²) in [6.07, 6.45) is 8.09. The van der Waals surface area contributed by atoms with E-state index in [-0.39, 0.29) is 5.41 Å². The van der Waals surface area contributed by atoms with E-state index in [1.807, 2.05) is 18.2 Å². The molecule has 1 heteroatoms. The monoisotopic (exact) mass is 343 g/mol. The largest absolute Gasteiger partial charge is 0.311 e. The molecule has 26 heavy (non-hydrogen) atoms. The van der Waals surface area contributed by atoms with Crippen LogP contribution >= 0.6 is 0 Å². The lowest BCUT2D eigenvalue weighted by Gasteiger charge is -2.26. The van der Waals surface area contributed by atoms with E-state index < -0.39 is 0 Å². The molecular weight excluding hydrogens is 314 g/mol. The van der Waals surface area contributed by atoms with Gasteiger partial charge in [-0.05, 0) is 54.3 Å². The second-order valence-corrected chi connectivity index (χ2v) is 7.36. The Morgan fingerprint density at radius 2 is 1.42 bits per heavy atom. The van der Waals surface area contributed by atoms with Gasteiger partial charge in [0.05, 0.1) is 0 Å². The average Bonchev–Trinajstić information content (AvgIpc) is 2.65. The van der Waals surface area contributed by atoms with Crippen LogP contribution in [0.1, 0.15) is 33.3 Å². The Kier molecular flexibility index (Phi) is 6.41. The van der Waals surface area contributed by atoms with Gasteiger partial charge in [0.1, 0.15) is 0 Å². The van der Waals surface area contributed by atoms with Crippen LogP contribution in [0.2, 0.25) is 0 Å². The molecule has 0 aromatic heterocycles. The molecule has 0 fully saturated rings. The average molecular weight is 344 g/mol. The zero-order valence-corrected chi connectivity index (χ0v) is 16.4. The standard InChI is InChI=1S/C25H29N/c1-7-21-15-18-24(19-16-21)26(23-12-10-9-11-13-23)22(8-2)17-14-20(3)25(4,5)6/h7-19H,1-2H2,3-6H3/b20-14+,22-17+. The molecule has 0 saturated carbocycles. The van der Waals surface area contributed by atoms with E-state index >= 15 is 0 Å². The summed E-state index contributed by atoms with van der Waals surface area (Å²) in [6.45, 7) is 16.7. The molecule has 2 aromatic rings. The minimum Gasteiger partial charge on any atom is -0.311 e. The molecule has 0 bridgehead atoms. The molecule has 0 saturated heterocycles. The summed E-state index contributed by atoms with van der Waals surface area (Å²) in [5, 5.41) is 0.